The molecule has 1 heteroatoms. The van der Waals surface area contributed by atoms with Crippen LogP contribution < -0.4 is 5.73 Å². The standard InChI is InChI=1S/C8H11N/c1-2-4-7-5-3-6-8(7)9/h2-3,5-7H,1,4,9H2. The maximum atomic E-state index is 5.62. The van der Waals surface area contributed by atoms with Crippen LogP contribution in [0.25, 0.3) is 0 Å². The highest BCUT2D eigenvalue weighted by Gasteiger charge is 2.07. The Balaban J connectivity index is 2.52. The van der Waals surface area contributed by atoms with Crippen LogP contribution in [0.1, 0.15) is 6.42 Å². The minimum Gasteiger partial charge on any atom is -0.402 e. The summed E-state index contributed by atoms with van der Waals surface area (Å²) in [5.41, 5.74) is 6.57. The van der Waals surface area contributed by atoms with Gasteiger partial charge in [-0.05, 0) is 12.5 Å². The molecule has 0 fully saturated rings. The Morgan fingerprint density at radius 1 is 1.78 bits per heavy atom. The molecular weight excluding hydrogens is 110 g/mol. The van der Waals surface area contributed by atoms with E-state index >= 15 is 0 Å². The molecule has 0 bridgehead atoms. The van der Waals surface area contributed by atoms with Crippen molar-refractivity contribution in [3.05, 3.63) is 36.6 Å². The largest absolute Gasteiger partial charge is 0.402 e. The second kappa shape index (κ2) is 2.53. The Hall–Kier alpha value is -0.980. The van der Waals surface area contributed by atoms with Crippen LogP contribution in [0.5, 0.6) is 0 Å². The number of hydrogen-bond donors (Lipinski definition) is 1. The van der Waals surface area contributed by atoms with Crippen molar-refractivity contribution in [1.82, 2.24) is 0 Å². The van der Waals surface area contributed by atoms with E-state index in [2.05, 4.69) is 12.7 Å². The number of rotatable bonds is 2. The van der Waals surface area contributed by atoms with Crippen LogP contribution in [-0.2, 0) is 0 Å². The van der Waals surface area contributed by atoms with E-state index in [1.165, 1.54) is 0 Å². The summed E-state index contributed by atoms with van der Waals surface area (Å²) in [5, 5.41) is 0. The fourth-order valence-electron chi connectivity index (χ4n) is 0.930. The van der Waals surface area contributed by atoms with Gasteiger partial charge in [-0.1, -0.05) is 18.2 Å². The van der Waals surface area contributed by atoms with Gasteiger partial charge in [0.25, 0.3) is 0 Å². The number of hydrogen-bond acceptors (Lipinski definition) is 1. The second-order valence-electron chi connectivity index (χ2n) is 2.18. The molecule has 1 unspecified atom stereocenters. The van der Waals surface area contributed by atoms with E-state index in [0.717, 1.165) is 12.1 Å². The lowest BCUT2D eigenvalue weighted by molar-refractivity contribution is 0.779. The predicted molar refractivity (Wildman–Crippen MR) is 39.7 cm³/mol. The minimum absolute atomic E-state index is 0.419. The summed E-state index contributed by atoms with van der Waals surface area (Å²) in [5.74, 6) is 0.419. The Morgan fingerprint density at radius 2 is 2.56 bits per heavy atom. The van der Waals surface area contributed by atoms with Crippen LogP contribution in [0.2, 0.25) is 0 Å². The van der Waals surface area contributed by atoms with Crippen LogP contribution >= 0.6 is 0 Å². The van der Waals surface area contributed by atoms with Crippen LogP contribution in [0.15, 0.2) is 36.6 Å². The smallest absolute Gasteiger partial charge is 0.0202 e. The fraction of sp³-hybridized carbons (Fsp3) is 0.250. The maximum Gasteiger partial charge on any atom is 0.0202 e. The quantitative estimate of drug-likeness (QED) is 0.551. The molecule has 0 aromatic carbocycles. The third kappa shape index (κ3) is 1.22. The van der Waals surface area contributed by atoms with Gasteiger partial charge in [-0.15, -0.1) is 6.58 Å². The Bertz CT molecular complexity index is 165. The van der Waals surface area contributed by atoms with Gasteiger partial charge in [-0.3, -0.25) is 0 Å². The van der Waals surface area contributed by atoms with E-state index in [1.54, 1.807) is 0 Å². The van der Waals surface area contributed by atoms with Gasteiger partial charge >= 0.3 is 0 Å². The maximum absolute atomic E-state index is 5.62. The van der Waals surface area contributed by atoms with E-state index in [1.807, 2.05) is 18.2 Å². The summed E-state index contributed by atoms with van der Waals surface area (Å²) in [6.45, 7) is 3.64. The van der Waals surface area contributed by atoms with Gasteiger partial charge in [0.1, 0.15) is 0 Å². The van der Waals surface area contributed by atoms with Crippen LogP contribution in [-0.4, -0.2) is 0 Å². The van der Waals surface area contributed by atoms with Crippen molar-refractivity contribution in [2.24, 2.45) is 11.7 Å². The molecule has 0 heterocycles. The van der Waals surface area contributed by atoms with Crippen molar-refractivity contribution >= 4 is 0 Å². The molecule has 1 nitrogen and oxygen atoms in total. The monoisotopic (exact) mass is 121 g/mol. The first-order chi connectivity index (χ1) is 4.34. The Morgan fingerprint density at radius 3 is 3.00 bits per heavy atom. The molecule has 9 heavy (non-hydrogen) atoms. The van der Waals surface area contributed by atoms with Gasteiger partial charge in [-0.2, -0.15) is 0 Å². The molecule has 0 spiro atoms. The second-order valence-corrected chi connectivity index (χ2v) is 2.18. The van der Waals surface area contributed by atoms with Gasteiger partial charge in [0, 0.05) is 11.6 Å². The summed E-state index contributed by atoms with van der Waals surface area (Å²) in [6.07, 6.45) is 8.87. The van der Waals surface area contributed by atoms with Crippen molar-refractivity contribution in [3.63, 3.8) is 0 Å². The highest BCUT2D eigenvalue weighted by atomic mass is 14.6. The lowest BCUT2D eigenvalue weighted by Gasteiger charge is -2.04. The van der Waals surface area contributed by atoms with Crippen molar-refractivity contribution in [3.8, 4) is 0 Å². The molecule has 0 amide bonds. The highest BCUT2D eigenvalue weighted by Crippen LogP contribution is 2.17. The predicted octanol–water partition coefficient (Wildman–Crippen LogP) is 1.59. The van der Waals surface area contributed by atoms with E-state index < -0.39 is 0 Å². The van der Waals surface area contributed by atoms with Crippen LogP contribution in [0.3, 0.4) is 0 Å². The molecule has 1 rings (SSSR count). The van der Waals surface area contributed by atoms with Gasteiger partial charge in [0.15, 0.2) is 0 Å². The summed E-state index contributed by atoms with van der Waals surface area (Å²) >= 11 is 0. The van der Waals surface area contributed by atoms with E-state index in [0.29, 0.717) is 5.92 Å². The van der Waals surface area contributed by atoms with Gasteiger partial charge in [-0.25, -0.2) is 0 Å². The van der Waals surface area contributed by atoms with Gasteiger partial charge in [0.2, 0.25) is 0 Å². The highest BCUT2D eigenvalue weighted by molar-refractivity contribution is 5.25. The first kappa shape index (κ1) is 6.14. The molecule has 1 atom stereocenters. The van der Waals surface area contributed by atoms with Crippen molar-refractivity contribution in [2.45, 2.75) is 6.42 Å². The molecule has 0 aliphatic heterocycles. The van der Waals surface area contributed by atoms with Crippen LogP contribution in [0, 0.1) is 5.92 Å². The lowest BCUT2D eigenvalue weighted by Crippen LogP contribution is -2.05. The van der Waals surface area contributed by atoms with Crippen molar-refractivity contribution < 1.29 is 0 Å². The zero-order valence-corrected chi connectivity index (χ0v) is 5.38. The average Bonchev–Trinajstić information content (AvgIpc) is 2.18. The first-order valence-corrected chi connectivity index (χ1v) is 3.09. The molecular formula is C8H11N. The molecule has 0 saturated heterocycles. The van der Waals surface area contributed by atoms with Crippen molar-refractivity contribution in [1.29, 1.82) is 0 Å². The third-order valence-corrected chi connectivity index (χ3v) is 1.48. The summed E-state index contributed by atoms with van der Waals surface area (Å²) in [4.78, 5) is 0. The van der Waals surface area contributed by atoms with E-state index in [-0.39, 0.29) is 0 Å². The minimum atomic E-state index is 0.419. The normalized spacial score (nSPS) is 24.0. The van der Waals surface area contributed by atoms with Crippen molar-refractivity contribution in [2.75, 3.05) is 0 Å². The summed E-state index contributed by atoms with van der Waals surface area (Å²) in [6, 6.07) is 0. The number of nitrogens with two attached hydrogens (primary N) is 1. The van der Waals surface area contributed by atoms with Crippen LogP contribution in [0.4, 0.5) is 0 Å². The Labute approximate surface area is 55.6 Å². The molecule has 1 aliphatic carbocycles. The topological polar surface area (TPSA) is 26.0 Å². The van der Waals surface area contributed by atoms with E-state index in [4.69, 9.17) is 5.73 Å². The van der Waals surface area contributed by atoms with Gasteiger partial charge in [0.05, 0.1) is 0 Å². The average molecular weight is 121 g/mol. The SMILES string of the molecule is C=CCC1C=CC=C1N. The lowest BCUT2D eigenvalue weighted by atomic mass is 10.1. The molecule has 0 radical (unpaired) electrons. The Kier molecular flexibility index (Phi) is 1.73. The summed E-state index contributed by atoms with van der Waals surface area (Å²) in [7, 11) is 0. The van der Waals surface area contributed by atoms with Gasteiger partial charge < -0.3 is 5.73 Å². The summed E-state index contributed by atoms with van der Waals surface area (Å²) < 4.78 is 0. The third-order valence-electron chi connectivity index (χ3n) is 1.48. The zero-order chi connectivity index (χ0) is 6.69. The molecule has 0 aromatic rings. The molecule has 1 aliphatic rings. The first-order valence-electron chi connectivity index (χ1n) is 3.09. The molecule has 2 N–H and O–H groups in total. The van der Waals surface area contributed by atoms with E-state index in [9.17, 15) is 0 Å². The molecule has 0 aromatic heterocycles. The number of allylic oxidation sites excluding steroid dienone is 4. The zero-order valence-electron chi connectivity index (χ0n) is 5.38. The molecule has 0 saturated carbocycles. The fourth-order valence-corrected chi connectivity index (χ4v) is 0.930. The molecule has 48 valence electrons.